The number of piperazine rings is 1. The van der Waals surface area contributed by atoms with Crippen LogP contribution in [0, 0.1) is 0 Å². The highest BCUT2D eigenvalue weighted by Gasteiger charge is 2.27. The molecule has 29 heavy (non-hydrogen) atoms. The van der Waals surface area contributed by atoms with Crippen molar-refractivity contribution in [2.75, 3.05) is 50.7 Å². The van der Waals surface area contributed by atoms with E-state index in [4.69, 9.17) is 5.73 Å². The molecular formula is C21H34Cl2N4O2. The van der Waals surface area contributed by atoms with Crippen molar-refractivity contribution < 1.29 is 9.59 Å². The monoisotopic (exact) mass is 444 g/mol. The molecule has 0 atom stereocenters. The molecule has 2 heterocycles. The number of nitrogens with zero attached hydrogens (tertiary/aromatic N) is 3. The Labute approximate surface area is 186 Å². The van der Waals surface area contributed by atoms with Gasteiger partial charge in [-0.3, -0.25) is 14.5 Å². The van der Waals surface area contributed by atoms with Crippen molar-refractivity contribution in [3.8, 4) is 0 Å². The van der Waals surface area contributed by atoms with Crippen LogP contribution in [-0.4, -0.2) is 67.4 Å². The highest BCUT2D eigenvalue weighted by atomic mass is 35.5. The quantitative estimate of drug-likeness (QED) is 0.625. The van der Waals surface area contributed by atoms with Crippen molar-refractivity contribution in [3.63, 3.8) is 0 Å². The Hall–Kier alpha value is -1.34. The molecule has 2 N–H and O–H groups in total. The van der Waals surface area contributed by atoms with Crippen LogP contribution < -0.4 is 10.6 Å². The number of carbonyl (C=O) groups excluding carboxylic acids is 2. The lowest BCUT2D eigenvalue weighted by molar-refractivity contribution is -0.133. The molecule has 1 aromatic carbocycles. The molecule has 0 unspecified atom stereocenters. The van der Waals surface area contributed by atoms with Gasteiger partial charge in [0.05, 0.1) is 6.54 Å². The predicted octanol–water partition coefficient (Wildman–Crippen LogP) is 2.47. The van der Waals surface area contributed by atoms with Gasteiger partial charge in [-0.05, 0) is 37.4 Å². The second-order valence-corrected chi connectivity index (χ2v) is 7.53. The smallest absolute Gasteiger partial charge is 0.241 e. The summed E-state index contributed by atoms with van der Waals surface area (Å²) in [7, 11) is 0. The average Bonchev–Trinajstić information content (AvgIpc) is 3.12. The number of hydrogen-bond acceptors (Lipinski definition) is 4. The molecule has 2 aliphatic rings. The van der Waals surface area contributed by atoms with Crippen molar-refractivity contribution in [1.82, 2.24) is 9.80 Å². The highest BCUT2D eigenvalue weighted by Crippen LogP contribution is 2.27. The Morgan fingerprint density at radius 2 is 1.55 bits per heavy atom. The second kappa shape index (κ2) is 13.1. The zero-order valence-corrected chi connectivity index (χ0v) is 18.7. The largest absolute Gasteiger partial charge is 0.340 e. The molecule has 2 amide bonds. The van der Waals surface area contributed by atoms with Gasteiger partial charge in [0.1, 0.15) is 0 Å². The number of para-hydroxylation sites is 1. The Kier molecular flexibility index (Phi) is 11.6. The first-order valence-electron chi connectivity index (χ1n) is 10.3. The SMILES string of the molecule is Cl.Cl.NCCCCCCC(=O)N1CCN(CC(=O)N2CCc3ccccc32)CC1. The van der Waals surface area contributed by atoms with Crippen molar-refractivity contribution in [2.45, 2.75) is 38.5 Å². The van der Waals surface area contributed by atoms with Crippen LogP contribution in [0.3, 0.4) is 0 Å². The summed E-state index contributed by atoms with van der Waals surface area (Å²) >= 11 is 0. The summed E-state index contributed by atoms with van der Waals surface area (Å²) in [4.78, 5) is 31.1. The van der Waals surface area contributed by atoms with E-state index in [1.165, 1.54) is 5.56 Å². The number of unbranched alkanes of at least 4 members (excludes halogenated alkanes) is 3. The molecule has 3 rings (SSSR count). The lowest BCUT2D eigenvalue weighted by Crippen LogP contribution is -2.51. The van der Waals surface area contributed by atoms with Gasteiger partial charge in [0, 0.05) is 44.8 Å². The van der Waals surface area contributed by atoms with Gasteiger partial charge < -0.3 is 15.5 Å². The molecule has 1 aromatic rings. The number of amides is 2. The normalized spacial score (nSPS) is 16.0. The number of rotatable bonds is 8. The first kappa shape index (κ1) is 25.7. The van der Waals surface area contributed by atoms with Crippen LogP contribution in [0.25, 0.3) is 0 Å². The fourth-order valence-electron chi connectivity index (χ4n) is 3.96. The van der Waals surface area contributed by atoms with Crippen LogP contribution in [0.15, 0.2) is 24.3 Å². The van der Waals surface area contributed by atoms with Gasteiger partial charge in [-0.1, -0.05) is 31.0 Å². The third kappa shape index (κ3) is 7.14. The summed E-state index contributed by atoms with van der Waals surface area (Å²) in [6, 6.07) is 8.15. The maximum absolute atomic E-state index is 12.7. The standard InChI is InChI=1S/C21H32N4O2.2ClH/c22-11-6-2-1-3-9-20(26)24-15-13-23(14-16-24)17-21(27)25-12-10-18-7-4-5-8-19(18)25;;/h4-5,7-8H,1-3,6,9-17,22H2;2*1H. The zero-order chi connectivity index (χ0) is 19.1. The first-order chi connectivity index (χ1) is 13.2. The summed E-state index contributed by atoms with van der Waals surface area (Å²) in [6.07, 6.45) is 5.76. The van der Waals surface area contributed by atoms with Gasteiger partial charge in [0.25, 0.3) is 0 Å². The molecule has 0 radical (unpaired) electrons. The summed E-state index contributed by atoms with van der Waals surface area (Å²) < 4.78 is 0. The lowest BCUT2D eigenvalue weighted by atomic mass is 10.1. The molecular weight excluding hydrogens is 411 g/mol. The Balaban J connectivity index is 0.00000210. The van der Waals surface area contributed by atoms with Crippen LogP contribution in [0.2, 0.25) is 0 Å². The molecule has 0 bridgehead atoms. The molecule has 2 aliphatic heterocycles. The van der Waals surface area contributed by atoms with E-state index in [0.29, 0.717) is 13.0 Å². The van der Waals surface area contributed by atoms with E-state index in [-0.39, 0.29) is 36.6 Å². The van der Waals surface area contributed by atoms with E-state index < -0.39 is 0 Å². The van der Waals surface area contributed by atoms with Crippen molar-refractivity contribution in [2.24, 2.45) is 5.73 Å². The molecule has 8 heteroatoms. The third-order valence-electron chi connectivity index (χ3n) is 5.62. The number of fused-ring (bicyclic) bond motifs is 1. The van der Waals surface area contributed by atoms with Crippen molar-refractivity contribution in [3.05, 3.63) is 29.8 Å². The molecule has 0 saturated carbocycles. The summed E-state index contributed by atoms with van der Waals surface area (Å²) in [6.45, 7) is 4.96. The van der Waals surface area contributed by atoms with Crippen LogP contribution >= 0.6 is 24.8 Å². The maximum atomic E-state index is 12.7. The second-order valence-electron chi connectivity index (χ2n) is 7.53. The van der Waals surface area contributed by atoms with Crippen LogP contribution in [-0.2, 0) is 16.0 Å². The Morgan fingerprint density at radius 1 is 0.862 bits per heavy atom. The Morgan fingerprint density at radius 3 is 2.28 bits per heavy atom. The van der Waals surface area contributed by atoms with Gasteiger partial charge in [0.15, 0.2) is 0 Å². The minimum atomic E-state index is 0. The van der Waals surface area contributed by atoms with E-state index >= 15 is 0 Å². The number of nitrogens with two attached hydrogens (primary N) is 1. The van der Waals surface area contributed by atoms with E-state index in [1.807, 2.05) is 28.0 Å². The van der Waals surface area contributed by atoms with Gasteiger partial charge in [0.2, 0.25) is 11.8 Å². The van der Waals surface area contributed by atoms with E-state index in [0.717, 1.165) is 77.1 Å². The van der Waals surface area contributed by atoms with E-state index in [2.05, 4.69) is 11.0 Å². The average molecular weight is 445 g/mol. The van der Waals surface area contributed by atoms with Crippen molar-refractivity contribution in [1.29, 1.82) is 0 Å². The fraction of sp³-hybridized carbons (Fsp3) is 0.619. The number of hydrogen-bond donors (Lipinski definition) is 1. The summed E-state index contributed by atoms with van der Waals surface area (Å²) in [5.41, 5.74) is 7.81. The number of carbonyl (C=O) groups is 2. The molecule has 0 aromatic heterocycles. The highest BCUT2D eigenvalue weighted by molar-refractivity contribution is 5.96. The van der Waals surface area contributed by atoms with Crippen LogP contribution in [0.5, 0.6) is 0 Å². The minimum absolute atomic E-state index is 0. The predicted molar refractivity (Wildman–Crippen MR) is 122 cm³/mol. The van der Waals surface area contributed by atoms with Gasteiger partial charge in [-0.15, -0.1) is 24.8 Å². The fourth-order valence-corrected chi connectivity index (χ4v) is 3.96. The molecule has 0 aliphatic carbocycles. The van der Waals surface area contributed by atoms with Crippen molar-refractivity contribution >= 4 is 42.3 Å². The lowest BCUT2D eigenvalue weighted by Gasteiger charge is -2.35. The Bertz CT molecular complexity index is 651. The molecule has 164 valence electrons. The topological polar surface area (TPSA) is 69.9 Å². The number of halogens is 2. The van der Waals surface area contributed by atoms with Gasteiger partial charge in [-0.2, -0.15) is 0 Å². The summed E-state index contributed by atoms with van der Waals surface area (Å²) in [5.74, 6) is 0.418. The van der Waals surface area contributed by atoms with Crippen LogP contribution in [0.1, 0.15) is 37.7 Å². The summed E-state index contributed by atoms with van der Waals surface area (Å²) in [5, 5.41) is 0. The van der Waals surface area contributed by atoms with Gasteiger partial charge in [-0.25, -0.2) is 0 Å². The molecule has 1 saturated heterocycles. The van der Waals surface area contributed by atoms with E-state index in [9.17, 15) is 9.59 Å². The zero-order valence-electron chi connectivity index (χ0n) is 17.1. The first-order valence-corrected chi connectivity index (χ1v) is 10.3. The maximum Gasteiger partial charge on any atom is 0.241 e. The molecule has 0 spiro atoms. The molecule has 1 fully saturated rings. The molecule has 6 nitrogen and oxygen atoms in total. The third-order valence-corrected chi connectivity index (χ3v) is 5.62. The number of anilines is 1. The van der Waals surface area contributed by atoms with E-state index in [1.54, 1.807) is 0 Å². The minimum Gasteiger partial charge on any atom is -0.340 e. The number of benzene rings is 1. The van der Waals surface area contributed by atoms with Gasteiger partial charge >= 0.3 is 0 Å². The van der Waals surface area contributed by atoms with Crippen LogP contribution in [0.4, 0.5) is 5.69 Å².